The van der Waals surface area contributed by atoms with Gasteiger partial charge in [0, 0.05) is 11.3 Å². The highest BCUT2D eigenvalue weighted by molar-refractivity contribution is 7.92. The number of methoxy groups -OCH3 is 1. The Bertz CT molecular complexity index is 836. The first-order chi connectivity index (χ1) is 11.9. The molecular formula is C19H22O5S. The highest BCUT2D eigenvalue weighted by atomic mass is 32.2. The third-order valence-corrected chi connectivity index (χ3v) is 7.47. The smallest absolute Gasteiger partial charge is 0.182 e. The average molecular weight is 362 g/mol. The Balaban J connectivity index is 2.02. The van der Waals surface area contributed by atoms with E-state index in [9.17, 15) is 18.6 Å². The van der Waals surface area contributed by atoms with Crippen molar-refractivity contribution in [2.24, 2.45) is 5.41 Å². The molecule has 0 heterocycles. The summed E-state index contributed by atoms with van der Waals surface area (Å²) in [6, 6.07) is 13.7. The Morgan fingerprint density at radius 3 is 2.04 bits per heavy atom. The molecule has 0 saturated heterocycles. The van der Waals surface area contributed by atoms with Gasteiger partial charge in [0.25, 0.3) is 0 Å². The number of aryl methyl sites for hydroxylation is 1. The van der Waals surface area contributed by atoms with Gasteiger partial charge in [0.05, 0.1) is 30.5 Å². The molecule has 25 heavy (non-hydrogen) atoms. The molecule has 2 unspecified atom stereocenters. The lowest BCUT2D eigenvalue weighted by Gasteiger charge is -2.11. The van der Waals surface area contributed by atoms with Crippen LogP contribution < -0.4 is 4.74 Å². The van der Waals surface area contributed by atoms with Crippen LogP contribution in [0.15, 0.2) is 53.4 Å². The van der Waals surface area contributed by atoms with Crippen LogP contribution in [0, 0.1) is 12.3 Å². The lowest BCUT2D eigenvalue weighted by atomic mass is 10.0. The maximum Gasteiger partial charge on any atom is 0.182 e. The summed E-state index contributed by atoms with van der Waals surface area (Å²) < 4.78 is 31.3. The minimum absolute atomic E-state index is 0.213. The summed E-state index contributed by atoms with van der Waals surface area (Å²) in [5.74, 6) is 0.209. The molecule has 6 heteroatoms. The van der Waals surface area contributed by atoms with Crippen molar-refractivity contribution < 1.29 is 23.4 Å². The van der Waals surface area contributed by atoms with Crippen LogP contribution in [-0.4, -0.2) is 44.2 Å². The van der Waals surface area contributed by atoms with Crippen LogP contribution in [-0.2, 0) is 9.84 Å². The number of benzene rings is 2. The maximum atomic E-state index is 13.1. The SMILES string of the molecule is COc1ccc(C2C(S(=O)(=O)c3ccc(C)cc3)C2(CO)CO)cc1. The van der Waals surface area contributed by atoms with Crippen LogP contribution in [0.5, 0.6) is 5.75 Å². The fourth-order valence-corrected chi connectivity index (χ4v) is 5.99. The summed E-state index contributed by atoms with van der Waals surface area (Å²) >= 11 is 0. The minimum atomic E-state index is -3.68. The van der Waals surface area contributed by atoms with Gasteiger partial charge in [-0.25, -0.2) is 8.42 Å². The van der Waals surface area contributed by atoms with Gasteiger partial charge in [0.15, 0.2) is 9.84 Å². The number of aliphatic hydroxyl groups excluding tert-OH is 2. The summed E-state index contributed by atoms with van der Waals surface area (Å²) in [6.07, 6.45) is 0. The Morgan fingerprint density at radius 2 is 1.56 bits per heavy atom. The normalized spacial score (nSPS) is 21.8. The first-order valence-electron chi connectivity index (χ1n) is 8.07. The quantitative estimate of drug-likeness (QED) is 0.820. The van der Waals surface area contributed by atoms with Gasteiger partial charge in [-0.1, -0.05) is 29.8 Å². The number of rotatable bonds is 6. The summed E-state index contributed by atoms with van der Waals surface area (Å²) in [4.78, 5) is 0.213. The second-order valence-corrected chi connectivity index (χ2v) is 8.65. The van der Waals surface area contributed by atoms with E-state index in [0.29, 0.717) is 5.75 Å². The highest BCUT2D eigenvalue weighted by Crippen LogP contribution is 2.63. The molecule has 0 aromatic heterocycles. The first kappa shape index (κ1) is 17.9. The molecule has 2 atom stereocenters. The molecule has 3 rings (SSSR count). The average Bonchev–Trinajstić information content (AvgIpc) is 3.33. The van der Waals surface area contributed by atoms with E-state index in [4.69, 9.17) is 4.74 Å². The zero-order valence-electron chi connectivity index (χ0n) is 14.2. The molecule has 2 aromatic carbocycles. The predicted molar refractivity (Wildman–Crippen MR) is 94.5 cm³/mol. The van der Waals surface area contributed by atoms with E-state index in [2.05, 4.69) is 0 Å². The van der Waals surface area contributed by atoms with Crippen molar-refractivity contribution in [3.63, 3.8) is 0 Å². The lowest BCUT2D eigenvalue weighted by Crippen LogP contribution is -2.23. The lowest BCUT2D eigenvalue weighted by molar-refractivity contribution is 0.130. The van der Waals surface area contributed by atoms with E-state index < -0.39 is 39.6 Å². The molecule has 1 fully saturated rings. The number of ether oxygens (including phenoxy) is 1. The molecule has 1 aliphatic carbocycles. The number of hydrogen-bond acceptors (Lipinski definition) is 5. The summed E-state index contributed by atoms with van der Waals surface area (Å²) in [5.41, 5.74) is 0.666. The molecule has 0 spiro atoms. The topological polar surface area (TPSA) is 83.8 Å². The highest BCUT2D eigenvalue weighted by Gasteiger charge is 2.70. The summed E-state index contributed by atoms with van der Waals surface area (Å²) in [5, 5.41) is 18.9. The van der Waals surface area contributed by atoms with Gasteiger partial charge in [-0.05, 0) is 36.8 Å². The van der Waals surface area contributed by atoms with Gasteiger partial charge in [-0.15, -0.1) is 0 Å². The van der Waals surface area contributed by atoms with Crippen LogP contribution in [0.25, 0.3) is 0 Å². The largest absolute Gasteiger partial charge is 0.497 e. The van der Waals surface area contributed by atoms with Gasteiger partial charge < -0.3 is 14.9 Å². The Kier molecular flexibility index (Phi) is 4.62. The second kappa shape index (κ2) is 6.44. The summed E-state index contributed by atoms with van der Waals surface area (Å²) in [6.45, 7) is 1.10. The fourth-order valence-electron chi connectivity index (χ4n) is 3.56. The Labute approximate surface area is 147 Å². The number of sulfone groups is 1. The number of aliphatic hydroxyl groups is 2. The van der Waals surface area contributed by atoms with Crippen LogP contribution in [0.3, 0.4) is 0 Å². The van der Waals surface area contributed by atoms with Gasteiger partial charge >= 0.3 is 0 Å². The van der Waals surface area contributed by atoms with Crippen molar-refractivity contribution in [3.05, 3.63) is 59.7 Å². The van der Waals surface area contributed by atoms with Crippen LogP contribution in [0.1, 0.15) is 17.0 Å². The molecule has 1 saturated carbocycles. The summed E-state index contributed by atoms with van der Waals surface area (Å²) in [7, 11) is -2.12. The molecule has 0 bridgehead atoms. The van der Waals surface area contributed by atoms with Gasteiger partial charge in [0.2, 0.25) is 0 Å². The van der Waals surface area contributed by atoms with Gasteiger partial charge in [0.1, 0.15) is 5.75 Å². The Morgan fingerprint density at radius 1 is 1.00 bits per heavy atom. The third kappa shape index (κ3) is 2.84. The first-order valence-corrected chi connectivity index (χ1v) is 9.61. The van der Waals surface area contributed by atoms with Gasteiger partial charge in [-0.2, -0.15) is 0 Å². The molecule has 0 aliphatic heterocycles. The molecule has 0 radical (unpaired) electrons. The monoisotopic (exact) mass is 362 g/mol. The van der Waals surface area contributed by atoms with Crippen LogP contribution in [0.4, 0.5) is 0 Å². The zero-order chi connectivity index (χ0) is 18.2. The van der Waals surface area contributed by atoms with Crippen molar-refractivity contribution in [1.82, 2.24) is 0 Å². The molecule has 2 N–H and O–H groups in total. The van der Waals surface area contributed by atoms with E-state index in [1.165, 1.54) is 0 Å². The second-order valence-electron chi connectivity index (χ2n) is 6.58. The van der Waals surface area contributed by atoms with Crippen molar-refractivity contribution in [2.75, 3.05) is 20.3 Å². The van der Waals surface area contributed by atoms with E-state index in [-0.39, 0.29) is 4.90 Å². The molecule has 5 nitrogen and oxygen atoms in total. The van der Waals surface area contributed by atoms with E-state index in [1.54, 1.807) is 55.6 Å². The zero-order valence-corrected chi connectivity index (χ0v) is 15.0. The van der Waals surface area contributed by atoms with Crippen LogP contribution >= 0.6 is 0 Å². The van der Waals surface area contributed by atoms with E-state index in [1.807, 2.05) is 6.92 Å². The fraction of sp³-hybridized carbons (Fsp3) is 0.368. The molecule has 134 valence electrons. The Hall–Kier alpha value is -1.89. The molecule has 1 aliphatic rings. The van der Waals surface area contributed by atoms with Crippen molar-refractivity contribution in [3.8, 4) is 5.75 Å². The van der Waals surface area contributed by atoms with Crippen molar-refractivity contribution >= 4 is 9.84 Å². The van der Waals surface area contributed by atoms with E-state index >= 15 is 0 Å². The van der Waals surface area contributed by atoms with Crippen molar-refractivity contribution in [2.45, 2.75) is 23.0 Å². The van der Waals surface area contributed by atoms with Gasteiger partial charge in [-0.3, -0.25) is 0 Å². The minimum Gasteiger partial charge on any atom is -0.497 e. The van der Waals surface area contributed by atoms with Crippen molar-refractivity contribution in [1.29, 1.82) is 0 Å². The van der Waals surface area contributed by atoms with E-state index in [0.717, 1.165) is 11.1 Å². The standard InChI is InChI=1S/C19H22O5S/c1-13-3-9-16(10-4-13)25(22,23)18-17(19(18,11-20)12-21)14-5-7-15(24-2)8-6-14/h3-10,17-18,20-21H,11-12H2,1-2H3. The molecule has 0 amide bonds. The maximum absolute atomic E-state index is 13.1. The van der Waals surface area contributed by atoms with Crippen LogP contribution in [0.2, 0.25) is 0 Å². The number of hydrogen-bond donors (Lipinski definition) is 2. The molecule has 2 aromatic rings. The molecular weight excluding hydrogens is 340 g/mol. The third-order valence-electron chi connectivity index (χ3n) is 5.13. The predicted octanol–water partition coefficient (Wildman–Crippen LogP) is 1.91.